The molecule has 3 nitrogen and oxygen atoms in total. The van der Waals surface area contributed by atoms with Crippen LogP contribution in [0.4, 0.5) is 5.82 Å². The Bertz CT molecular complexity index is 847. The van der Waals surface area contributed by atoms with Crippen LogP contribution in [0, 0.1) is 0 Å². The lowest BCUT2D eigenvalue weighted by molar-refractivity contribution is 0.727. The maximum absolute atomic E-state index is 5.21. The van der Waals surface area contributed by atoms with Gasteiger partial charge in [0.25, 0.3) is 0 Å². The van der Waals surface area contributed by atoms with E-state index in [4.69, 9.17) is 5.73 Å². The van der Waals surface area contributed by atoms with E-state index in [1.807, 2.05) is 52.1 Å². The molecule has 0 radical (unpaired) electrons. The Morgan fingerprint density at radius 2 is 1.55 bits per heavy atom. The number of allylic oxidation sites excluding steroid dienone is 2. The van der Waals surface area contributed by atoms with Gasteiger partial charge in [0, 0.05) is 18.0 Å². The van der Waals surface area contributed by atoms with E-state index >= 15 is 0 Å². The number of anilines is 1. The molecule has 31 heavy (non-hydrogen) atoms. The molecular weight excluding hydrogens is 378 g/mol. The largest absolute Gasteiger partial charge is 0.373 e. The first-order chi connectivity index (χ1) is 15.1. The molecule has 0 aliphatic rings. The highest BCUT2D eigenvalue weighted by Gasteiger charge is 2.05. The van der Waals surface area contributed by atoms with E-state index in [0.717, 1.165) is 29.0 Å². The Labute approximate surface area is 190 Å². The zero-order valence-electron chi connectivity index (χ0n) is 20.7. The first kappa shape index (κ1) is 28.4. The number of nitrogens with two attached hydrogens (primary N) is 1. The van der Waals surface area contributed by atoms with Crippen LogP contribution < -0.4 is 11.1 Å². The molecule has 1 heterocycles. The number of nitrogens with one attached hydrogen (secondary N) is 1. The van der Waals surface area contributed by atoms with E-state index in [1.54, 1.807) is 0 Å². The van der Waals surface area contributed by atoms with Crippen molar-refractivity contribution >= 4 is 16.6 Å². The fourth-order valence-corrected chi connectivity index (χ4v) is 2.54. The molecule has 3 heteroatoms. The Balaban J connectivity index is 0.000000578. The third-order valence-corrected chi connectivity index (χ3v) is 4.43. The summed E-state index contributed by atoms with van der Waals surface area (Å²) in [5.41, 5.74) is 8.73. The predicted molar refractivity (Wildman–Crippen MR) is 142 cm³/mol. The quantitative estimate of drug-likeness (QED) is 0.323. The minimum absolute atomic E-state index is 0.855. The van der Waals surface area contributed by atoms with Crippen molar-refractivity contribution in [3.8, 4) is 11.3 Å². The van der Waals surface area contributed by atoms with Gasteiger partial charge in [0.2, 0.25) is 0 Å². The van der Waals surface area contributed by atoms with E-state index in [1.165, 1.54) is 30.2 Å². The standard InChI is InChI=1S/C16H14N2.C5H13N.C5H10.C2H6/c1-17-16-14-10-6-5-9-13(14)11-15(18-16)12-7-3-2-4-8-12;1-2-3-4-5-6;1-4-5(2)3;1-2/h2-11H,1H3,(H,17,18);2-6H2,1H3;4H,1-3H3;1-2H3. The molecule has 0 bridgehead atoms. The van der Waals surface area contributed by atoms with Gasteiger partial charge < -0.3 is 11.1 Å². The minimum Gasteiger partial charge on any atom is -0.373 e. The zero-order valence-corrected chi connectivity index (χ0v) is 20.7. The number of nitrogens with zero attached hydrogens (tertiary/aromatic N) is 1. The van der Waals surface area contributed by atoms with E-state index in [-0.39, 0.29) is 0 Å². The van der Waals surface area contributed by atoms with Crippen molar-refractivity contribution in [3.63, 3.8) is 0 Å². The molecule has 0 saturated carbocycles. The summed E-state index contributed by atoms with van der Waals surface area (Å²) in [5.74, 6) is 0.923. The lowest BCUT2D eigenvalue weighted by Gasteiger charge is -2.08. The van der Waals surface area contributed by atoms with Gasteiger partial charge in [0.05, 0.1) is 5.69 Å². The Morgan fingerprint density at radius 1 is 0.968 bits per heavy atom. The highest BCUT2D eigenvalue weighted by Crippen LogP contribution is 2.27. The third kappa shape index (κ3) is 11.4. The van der Waals surface area contributed by atoms with Crippen LogP contribution in [0.2, 0.25) is 0 Å². The summed E-state index contributed by atoms with van der Waals surface area (Å²) in [7, 11) is 1.91. The number of hydrogen-bond acceptors (Lipinski definition) is 3. The predicted octanol–water partition coefficient (Wildman–Crippen LogP) is 8.08. The third-order valence-electron chi connectivity index (χ3n) is 4.43. The smallest absolute Gasteiger partial charge is 0.134 e. The lowest BCUT2D eigenvalue weighted by atomic mass is 10.1. The van der Waals surface area contributed by atoms with Crippen molar-refractivity contribution in [1.29, 1.82) is 0 Å². The van der Waals surface area contributed by atoms with Crippen LogP contribution in [0.15, 0.2) is 72.3 Å². The molecule has 0 unspecified atom stereocenters. The first-order valence-corrected chi connectivity index (χ1v) is 11.5. The van der Waals surface area contributed by atoms with Gasteiger partial charge in [0.15, 0.2) is 0 Å². The molecule has 0 saturated heterocycles. The molecular formula is C28H43N3. The summed E-state index contributed by atoms with van der Waals surface area (Å²) < 4.78 is 0. The van der Waals surface area contributed by atoms with Crippen molar-refractivity contribution in [2.75, 3.05) is 18.9 Å². The number of aromatic nitrogens is 1. The molecule has 0 spiro atoms. The Morgan fingerprint density at radius 3 is 2.03 bits per heavy atom. The topological polar surface area (TPSA) is 50.9 Å². The molecule has 2 aromatic carbocycles. The Kier molecular flexibility index (Phi) is 16.6. The van der Waals surface area contributed by atoms with E-state index < -0.39 is 0 Å². The monoisotopic (exact) mass is 421 g/mol. The maximum atomic E-state index is 5.21. The second kappa shape index (κ2) is 18.1. The van der Waals surface area contributed by atoms with Crippen LogP contribution in [0.3, 0.4) is 0 Å². The lowest BCUT2D eigenvalue weighted by Crippen LogP contribution is -1.96. The zero-order chi connectivity index (χ0) is 23.5. The summed E-state index contributed by atoms with van der Waals surface area (Å²) in [5, 5.41) is 5.53. The number of unbranched alkanes of at least 4 members (excludes halogenated alkanes) is 2. The van der Waals surface area contributed by atoms with Crippen LogP contribution in [-0.2, 0) is 0 Å². The summed E-state index contributed by atoms with van der Waals surface area (Å²) in [6.45, 7) is 13.2. The van der Waals surface area contributed by atoms with Gasteiger partial charge in [-0.05, 0) is 45.2 Å². The van der Waals surface area contributed by atoms with E-state index in [0.29, 0.717) is 0 Å². The molecule has 170 valence electrons. The van der Waals surface area contributed by atoms with Crippen LogP contribution >= 0.6 is 0 Å². The van der Waals surface area contributed by atoms with Gasteiger partial charge in [0.1, 0.15) is 5.82 Å². The SMILES string of the molecule is CC.CC=C(C)C.CCCCCN.CNc1nc(-c2ccccc2)cc2ccccc12. The maximum Gasteiger partial charge on any atom is 0.134 e. The molecule has 0 amide bonds. The second-order valence-corrected chi connectivity index (χ2v) is 7.06. The van der Waals surface area contributed by atoms with Crippen molar-refractivity contribution in [2.45, 2.75) is 60.8 Å². The van der Waals surface area contributed by atoms with Crippen LogP contribution in [0.1, 0.15) is 60.8 Å². The number of pyridine rings is 1. The highest BCUT2D eigenvalue weighted by molar-refractivity contribution is 5.94. The molecule has 3 rings (SSSR count). The van der Waals surface area contributed by atoms with Crippen molar-refractivity contribution < 1.29 is 0 Å². The van der Waals surface area contributed by atoms with Crippen molar-refractivity contribution in [1.82, 2.24) is 4.98 Å². The van der Waals surface area contributed by atoms with Gasteiger partial charge in [-0.2, -0.15) is 0 Å². The molecule has 0 fully saturated rings. The number of hydrogen-bond donors (Lipinski definition) is 2. The minimum atomic E-state index is 0.855. The van der Waals surface area contributed by atoms with Crippen molar-refractivity contribution in [3.05, 3.63) is 72.3 Å². The molecule has 3 aromatic rings. The normalized spacial score (nSPS) is 9.16. The summed E-state index contributed by atoms with van der Waals surface area (Å²) in [4.78, 5) is 4.68. The molecule has 3 N–H and O–H groups in total. The highest BCUT2D eigenvalue weighted by atomic mass is 15.0. The van der Waals surface area contributed by atoms with Crippen LogP contribution in [0.5, 0.6) is 0 Å². The molecule has 0 aliphatic carbocycles. The van der Waals surface area contributed by atoms with Crippen LogP contribution in [0.25, 0.3) is 22.0 Å². The summed E-state index contributed by atoms with van der Waals surface area (Å²) in [6.07, 6.45) is 5.84. The van der Waals surface area contributed by atoms with Gasteiger partial charge >= 0.3 is 0 Å². The number of benzene rings is 2. The van der Waals surface area contributed by atoms with Gasteiger partial charge in [-0.15, -0.1) is 0 Å². The first-order valence-electron chi connectivity index (χ1n) is 11.5. The average Bonchev–Trinajstić information content (AvgIpc) is 2.84. The van der Waals surface area contributed by atoms with Crippen molar-refractivity contribution in [2.24, 2.45) is 5.73 Å². The van der Waals surface area contributed by atoms with Gasteiger partial charge in [-0.1, -0.05) is 99.9 Å². The Hall–Kier alpha value is -2.65. The second-order valence-electron chi connectivity index (χ2n) is 7.06. The van der Waals surface area contributed by atoms with E-state index in [9.17, 15) is 0 Å². The molecule has 0 atom stereocenters. The number of rotatable bonds is 5. The van der Waals surface area contributed by atoms with Gasteiger partial charge in [-0.3, -0.25) is 0 Å². The molecule has 1 aromatic heterocycles. The fourth-order valence-electron chi connectivity index (χ4n) is 2.54. The number of fused-ring (bicyclic) bond motifs is 1. The summed E-state index contributed by atoms with van der Waals surface area (Å²) in [6, 6.07) is 20.7. The average molecular weight is 422 g/mol. The summed E-state index contributed by atoms with van der Waals surface area (Å²) >= 11 is 0. The van der Waals surface area contributed by atoms with Crippen LogP contribution in [-0.4, -0.2) is 18.6 Å². The fraction of sp³-hybridized carbons (Fsp3) is 0.393. The van der Waals surface area contributed by atoms with Gasteiger partial charge in [-0.25, -0.2) is 4.98 Å². The van der Waals surface area contributed by atoms with E-state index in [2.05, 4.69) is 73.5 Å². The molecule has 0 aliphatic heterocycles.